The number of hydrogen-bond donors (Lipinski definition) is 1. The van der Waals surface area contributed by atoms with Crippen LogP contribution in [0.25, 0.3) is 12.2 Å². The van der Waals surface area contributed by atoms with Crippen LogP contribution < -0.4 is 15.9 Å². The summed E-state index contributed by atoms with van der Waals surface area (Å²) >= 11 is 0. The van der Waals surface area contributed by atoms with E-state index in [4.69, 9.17) is 0 Å². The molecule has 2 aliphatic rings. The Bertz CT molecular complexity index is 655. The second kappa shape index (κ2) is 9.72. The summed E-state index contributed by atoms with van der Waals surface area (Å²) in [6, 6.07) is 3.61. The molecule has 3 rings (SSSR count). The number of rotatable bonds is 0. The van der Waals surface area contributed by atoms with Crippen molar-refractivity contribution in [2.24, 2.45) is 4.99 Å². The van der Waals surface area contributed by atoms with Crippen LogP contribution in [-0.2, 0) is 9.59 Å². The van der Waals surface area contributed by atoms with Gasteiger partial charge in [-0.3, -0.25) is 14.6 Å². The van der Waals surface area contributed by atoms with Crippen LogP contribution in [0.1, 0.15) is 5.56 Å². The summed E-state index contributed by atoms with van der Waals surface area (Å²) < 4.78 is 0. The van der Waals surface area contributed by atoms with Gasteiger partial charge in [-0.1, -0.05) is 6.07 Å². The Kier molecular flexibility index (Phi) is 11.8. The molecule has 0 aromatic heterocycles. The Morgan fingerprint density at radius 3 is 2.37 bits per heavy atom. The van der Waals surface area contributed by atoms with Gasteiger partial charge in [-0.25, -0.2) is 0 Å². The van der Waals surface area contributed by atoms with Crippen LogP contribution in [0.5, 0.6) is 0 Å². The van der Waals surface area contributed by atoms with Crippen molar-refractivity contribution < 1.29 is 9.59 Å². The molecule has 1 aromatic carbocycles. The Morgan fingerprint density at radius 2 is 1.68 bits per heavy atom. The number of ketones is 1. The van der Waals surface area contributed by atoms with Crippen molar-refractivity contribution in [1.29, 1.82) is 0 Å². The molecule has 2 heterocycles. The molecule has 0 aliphatic carbocycles. The van der Waals surface area contributed by atoms with Gasteiger partial charge in [0.05, 0.1) is 11.0 Å². The average Bonchev–Trinajstić information content (AvgIpc) is 2.68. The fourth-order valence-corrected chi connectivity index (χ4v) is 1.74. The first kappa shape index (κ1) is 23.0. The Morgan fingerprint density at radius 1 is 1.00 bits per heavy atom. The third-order valence-electron chi connectivity index (χ3n) is 2.46. The van der Waals surface area contributed by atoms with Crippen LogP contribution in [0.4, 0.5) is 5.69 Å². The Balaban J connectivity index is 0. The number of carbonyl (C=O) groups is 2. The number of amides is 1. The first-order chi connectivity index (χ1) is 7.25. The number of hydrogen-bond acceptors (Lipinski definition) is 3. The molecule has 4 radical (unpaired) electrons. The minimum Gasteiger partial charge on any atom is -0.318 e. The first-order valence-corrected chi connectivity index (χ1v) is 4.50. The van der Waals surface area contributed by atoms with Gasteiger partial charge in [-0.2, -0.15) is 0 Å². The maximum absolute atomic E-state index is 11.2. The molecule has 8 heteroatoms. The van der Waals surface area contributed by atoms with Gasteiger partial charge < -0.3 is 5.32 Å². The molecule has 0 unspecified atom stereocenters. The van der Waals surface area contributed by atoms with E-state index in [0.29, 0.717) is 5.69 Å². The van der Waals surface area contributed by atoms with E-state index in [2.05, 4.69) is 10.3 Å². The first-order valence-electron chi connectivity index (χ1n) is 4.50. The van der Waals surface area contributed by atoms with E-state index < -0.39 is 11.7 Å². The summed E-state index contributed by atoms with van der Waals surface area (Å²) in [7, 11) is 0. The van der Waals surface area contributed by atoms with E-state index in [-0.39, 0.29) is 118 Å². The van der Waals surface area contributed by atoms with Gasteiger partial charge in [-0.05, 0) is 12.1 Å². The van der Waals surface area contributed by atoms with E-state index in [1.807, 2.05) is 12.1 Å². The number of nitrogens with one attached hydrogen (secondary N) is 1. The largest absolute Gasteiger partial charge is 0.318 e. The smallest absolute Gasteiger partial charge is 0.296 e. The molecule has 76 valence electrons. The monoisotopic (exact) mass is 290 g/mol. The molecule has 1 aromatic rings. The topological polar surface area (TPSA) is 58.5 Å². The number of Topliss-reactive ketones (excluding diaryl/α,β-unsaturated/α-hetero) is 1. The van der Waals surface area contributed by atoms with E-state index in [9.17, 15) is 9.59 Å². The molecular formula is C11H6N2Na4O2. The van der Waals surface area contributed by atoms with Crippen LogP contribution in [0, 0.1) is 0 Å². The number of nitrogens with zero attached hydrogens (tertiary/aromatic N) is 1. The summed E-state index contributed by atoms with van der Waals surface area (Å²) in [5.41, 5.74) is 1.54. The molecular weight excluding hydrogens is 284 g/mol. The zero-order valence-corrected chi connectivity index (χ0v) is 19.7. The van der Waals surface area contributed by atoms with Gasteiger partial charge in [0.2, 0.25) is 5.78 Å². The molecule has 0 spiro atoms. The molecule has 0 fully saturated rings. The standard InChI is InChI=1S/C11H6N2O2.4Na/c14-9-5-6-1-2-8-7(3-4-12-8)10(6)13-11(9)15;;;;/h1-5H,(H,13,15);;;;. The maximum Gasteiger partial charge on any atom is 0.296 e. The zero-order valence-electron chi connectivity index (χ0n) is 11.7. The molecule has 19 heavy (non-hydrogen) atoms. The average molecular weight is 290 g/mol. The van der Waals surface area contributed by atoms with Gasteiger partial charge in [0.25, 0.3) is 5.91 Å². The Hall–Kier alpha value is 1.77. The van der Waals surface area contributed by atoms with Crippen LogP contribution >= 0.6 is 0 Å². The van der Waals surface area contributed by atoms with Gasteiger partial charge in [0.1, 0.15) is 0 Å². The van der Waals surface area contributed by atoms with Crippen LogP contribution in [0.3, 0.4) is 0 Å². The number of benzene rings is 1. The predicted molar refractivity (Wildman–Crippen MR) is 77.4 cm³/mol. The van der Waals surface area contributed by atoms with Gasteiger partial charge in [-0.15, -0.1) is 0 Å². The molecule has 0 saturated carbocycles. The van der Waals surface area contributed by atoms with Crippen molar-refractivity contribution in [3.05, 3.63) is 34.5 Å². The van der Waals surface area contributed by atoms with Crippen molar-refractivity contribution in [3.63, 3.8) is 0 Å². The molecule has 2 aliphatic heterocycles. The molecule has 1 N–H and O–H groups in total. The van der Waals surface area contributed by atoms with Gasteiger partial charge in [0.15, 0.2) is 0 Å². The Labute approximate surface area is 198 Å². The number of fused-ring (bicyclic) bond motifs is 3. The number of carbonyl (C=O) groups excluding carboxylic acids is 2. The summed E-state index contributed by atoms with van der Waals surface area (Å²) in [4.78, 5) is 26.5. The molecule has 0 bridgehead atoms. The zero-order chi connectivity index (χ0) is 10.4. The van der Waals surface area contributed by atoms with E-state index >= 15 is 0 Å². The van der Waals surface area contributed by atoms with E-state index in [1.165, 1.54) is 6.08 Å². The van der Waals surface area contributed by atoms with E-state index in [0.717, 1.165) is 16.1 Å². The summed E-state index contributed by atoms with van der Waals surface area (Å²) in [5.74, 6) is -1.10. The van der Waals surface area contributed by atoms with Crippen molar-refractivity contribution in [2.75, 3.05) is 5.32 Å². The second-order valence-corrected chi connectivity index (χ2v) is 3.37. The summed E-state index contributed by atoms with van der Waals surface area (Å²) in [6.45, 7) is 0. The third-order valence-corrected chi connectivity index (χ3v) is 2.46. The normalized spacial score (nSPS) is 12.8. The fourth-order valence-electron chi connectivity index (χ4n) is 1.74. The minimum atomic E-state index is -0.587. The molecule has 4 nitrogen and oxygen atoms in total. The fraction of sp³-hybridized carbons (Fsp3) is 0. The van der Waals surface area contributed by atoms with Crippen molar-refractivity contribution in [1.82, 2.24) is 0 Å². The van der Waals surface area contributed by atoms with Gasteiger partial charge >= 0.3 is 0 Å². The van der Waals surface area contributed by atoms with Crippen LogP contribution in [0.2, 0.25) is 0 Å². The summed E-state index contributed by atoms with van der Waals surface area (Å²) in [5, 5.41) is 4.13. The minimum absolute atomic E-state index is 0. The molecule has 0 atom stereocenters. The van der Waals surface area contributed by atoms with Crippen molar-refractivity contribution in [2.45, 2.75) is 0 Å². The predicted octanol–water partition coefficient (Wildman–Crippen LogP) is -1.93. The SMILES string of the molecule is O=C1C=c2ccc3c(c2NC1=O)C=CN=3.[Na].[Na].[Na].[Na]. The maximum atomic E-state index is 11.2. The van der Waals surface area contributed by atoms with Crippen molar-refractivity contribution >= 4 is 148 Å². The molecule has 1 amide bonds. The quantitative estimate of drug-likeness (QED) is 0.447. The van der Waals surface area contributed by atoms with Crippen LogP contribution in [0.15, 0.2) is 23.3 Å². The second-order valence-electron chi connectivity index (χ2n) is 3.37. The van der Waals surface area contributed by atoms with Crippen LogP contribution in [-0.4, -0.2) is 130 Å². The van der Waals surface area contributed by atoms with Gasteiger partial charge in [0, 0.05) is 141 Å². The van der Waals surface area contributed by atoms with Crippen molar-refractivity contribution in [3.8, 4) is 0 Å². The number of anilines is 1. The summed E-state index contributed by atoms with van der Waals surface area (Å²) in [6.07, 6.45) is 4.84. The third kappa shape index (κ3) is 4.62. The molecule has 0 saturated heterocycles. The van der Waals surface area contributed by atoms with E-state index in [1.54, 1.807) is 12.3 Å².